The second-order valence-corrected chi connectivity index (χ2v) is 3.25. The van der Waals surface area contributed by atoms with Gasteiger partial charge in [-0.15, -0.1) is 0 Å². The largest absolute Gasteiger partial charge is 0.464 e. The lowest BCUT2D eigenvalue weighted by atomic mass is 10.2. The van der Waals surface area contributed by atoms with E-state index in [0.29, 0.717) is 5.69 Å². The van der Waals surface area contributed by atoms with Crippen molar-refractivity contribution in [3.05, 3.63) is 29.6 Å². The first kappa shape index (κ1) is 9.71. The Morgan fingerprint density at radius 3 is 3.00 bits per heavy atom. The average molecular weight is 204 g/mol. The highest BCUT2D eigenvalue weighted by Gasteiger charge is 2.10. The molecule has 15 heavy (non-hydrogen) atoms. The number of nitrogens with zero attached hydrogens (tertiary/aromatic N) is 1. The number of H-pyrrole nitrogens is 1. The molecule has 1 N–H and O–H groups in total. The van der Waals surface area contributed by atoms with Gasteiger partial charge >= 0.3 is 5.97 Å². The molecular formula is C11H12N2O2. The highest BCUT2D eigenvalue weighted by molar-refractivity contribution is 5.91. The number of aromatic amines is 1. The van der Waals surface area contributed by atoms with Crippen LogP contribution in [0.15, 0.2) is 18.3 Å². The second kappa shape index (κ2) is 3.73. The van der Waals surface area contributed by atoms with Gasteiger partial charge in [0, 0.05) is 6.20 Å². The molecule has 0 amide bonds. The van der Waals surface area contributed by atoms with Crippen LogP contribution < -0.4 is 0 Å². The summed E-state index contributed by atoms with van der Waals surface area (Å²) >= 11 is 0. The Kier molecular flexibility index (Phi) is 2.41. The molecule has 0 aliphatic rings. The van der Waals surface area contributed by atoms with Gasteiger partial charge < -0.3 is 9.72 Å². The van der Waals surface area contributed by atoms with Gasteiger partial charge in [0.15, 0.2) is 0 Å². The first-order valence-corrected chi connectivity index (χ1v) is 4.81. The minimum atomic E-state index is -0.403. The molecule has 0 aliphatic heterocycles. The van der Waals surface area contributed by atoms with Gasteiger partial charge in [-0.25, -0.2) is 9.78 Å². The molecule has 78 valence electrons. The molecule has 0 bridgehead atoms. The zero-order chi connectivity index (χ0) is 10.8. The summed E-state index contributed by atoms with van der Waals surface area (Å²) in [6.45, 7) is 2.05. The van der Waals surface area contributed by atoms with Crippen LogP contribution in [0.1, 0.15) is 23.0 Å². The molecule has 0 saturated heterocycles. The van der Waals surface area contributed by atoms with Crippen molar-refractivity contribution >= 4 is 17.0 Å². The third-order valence-electron chi connectivity index (χ3n) is 2.38. The number of methoxy groups -OCH3 is 1. The van der Waals surface area contributed by atoms with Crippen molar-refractivity contribution in [1.82, 2.24) is 9.97 Å². The maximum atomic E-state index is 11.3. The van der Waals surface area contributed by atoms with Crippen LogP contribution in [0.4, 0.5) is 0 Å². The molecule has 2 rings (SSSR count). The normalized spacial score (nSPS) is 10.5. The number of carbonyl (C=O) groups excluding carboxylic acids is 1. The SMILES string of the molecule is CCc1c[nH]c2ccc(C(=O)OC)nc12. The van der Waals surface area contributed by atoms with Crippen molar-refractivity contribution in [3.63, 3.8) is 0 Å². The number of esters is 1. The monoisotopic (exact) mass is 204 g/mol. The van der Waals surface area contributed by atoms with Crippen molar-refractivity contribution in [2.45, 2.75) is 13.3 Å². The number of rotatable bonds is 2. The second-order valence-electron chi connectivity index (χ2n) is 3.25. The Bertz CT molecular complexity index is 502. The van der Waals surface area contributed by atoms with Crippen LogP contribution in [-0.4, -0.2) is 23.0 Å². The molecule has 0 aliphatic carbocycles. The van der Waals surface area contributed by atoms with E-state index in [-0.39, 0.29) is 0 Å². The molecule has 0 aromatic carbocycles. The van der Waals surface area contributed by atoms with E-state index in [4.69, 9.17) is 0 Å². The molecule has 4 heteroatoms. The minimum absolute atomic E-state index is 0.347. The lowest BCUT2D eigenvalue weighted by Gasteiger charge is -1.99. The summed E-state index contributed by atoms with van der Waals surface area (Å²) in [4.78, 5) is 18.7. The van der Waals surface area contributed by atoms with Gasteiger partial charge in [-0.3, -0.25) is 0 Å². The van der Waals surface area contributed by atoms with Gasteiger partial charge in [-0.2, -0.15) is 0 Å². The fourth-order valence-corrected chi connectivity index (χ4v) is 1.54. The number of aromatic nitrogens is 2. The van der Waals surface area contributed by atoms with Crippen LogP contribution >= 0.6 is 0 Å². The molecular weight excluding hydrogens is 192 g/mol. The molecule has 0 unspecified atom stereocenters. The minimum Gasteiger partial charge on any atom is -0.464 e. The summed E-state index contributed by atoms with van der Waals surface area (Å²) in [6.07, 6.45) is 2.80. The van der Waals surface area contributed by atoms with Crippen molar-refractivity contribution in [2.75, 3.05) is 7.11 Å². The summed E-state index contributed by atoms with van der Waals surface area (Å²) in [5, 5.41) is 0. The first-order chi connectivity index (χ1) is 7.26. The summed E-state index contributed by atoms with van der Waals surface area (Å²) in [5.74, 6) is -0.403. The fourth-order valence-electron chi connectivity index (χ4n) is 1.54. The van der Waals surface area contributed by atoms with Gasteiger partial charge in [0.1, 0.15) is 5.69 Å². The smallest absolute Gasteiger partial charge is 0.356 e. The first-order valence-electron chi connectivity index (χ1n) is 4.81. The van der Waals surface area contributed by atoms with E-state index in [1.54, 1.807) is 6.07 Å². The topological polar surface area (TPSA) is 55.0 Å². The highest BCUT2D eigenvalue weighted by atomic mass is 16.5. The van der Waals surface area contributed by atoms with Gasteiger partial charge in [0.2, 0.25) is 0 Å². The molecule has 0 atom stereocenters. The lowest BCUT2D eigenvalue weighted by molar-refractivity contribution is 0.0594. The zero-order valence-corrected chi connectivity index (χ0v) is 8.70. The van der Waals surface area contributed by atoms with Crippen LogP contribution in [0.5, 0.6) is 0 Å². The lowest BCUT2D eigenvalue weighted by Crippen LogP contribution is -2.03. The van der Waals surface area contributed by atoms with Crippen LogP contribution in [-0.2, 0) is 11.2 Å². The van der Waals surface area contributed by atoms with Crippen molar-refractivity contribution in [2.24, 2.45) is 0 Å². The third-order valence-corrected chi connectivity index (χ3v) is 2.38. The summed E-state index contributed by atoms with van der Waals surface area (Å²) in [5.41, 5.74) is 3.25. The number of carbonyl (C=O) groups is 1. The van der Waals surface area contributed by atoms with Gasteiger partial charge in [0.05, 0.1) is 18.1 Å². The standard InChI is InChI=1S/C11H12N2O2/c1-3-7-6-12-8-4-5-9(11(14)15-2)13-10(7)8/h4-6,12H,3H2,1-2H3. The number of fused-ring (bicyclic) bond motifs is 1. The van der Waals surface area contributed by atoms with Crippen LogP contribution in [0, 0.1) is 0 Å². The summed E-state index contributed by atoms with van der Waals surface area (Å²) in [7, 11) is 1.35. The molecule has 0 radical (unpaired) electrons. The Morgan fingerprint density at radius 1 is 1.53 bits per heavy atom. The molecule has 0 fully saturated rings. The number of nitrogens with one attached hydrogen (secondary N) is 1. The Balaban J connectivity index is 2.57. The van der Waals surface area contributed by atoms with Crippen LogP contribution in [0.25, 0.3) is 11.0 Å². The van der Waals surface area contributed by atoms with Crippen molar-refractivity contribution < 1.29 is 9.53 Å². The third kappa shape index (κ3) is 1.58. The molecule has 2 aromatic heterocycles. The number of hydrogen-bond acceptors (Lipinski definition) is 3. The van der Waals surface area contributed by atoms with E-state index < -0.39 is 5.97 Å². The van der Waals surface area contributed by atoms with E-state index in [1.807, 2.05) is 12.3 Å². The maximum Gasteiger partial charge on any atom is 0.356 e. The highest BCUT2D eigenvalue weighted by Crippen LogP contribution is 2.17. The van der Waals surface area contributed by atoms with Gasteiger partial charge in [-0.1, -0.05) is 6.92 Å². The summed E-state index contributed by atoms with van der Waals surface area (Å²) in [6, 6.07) is 3.50. The Morgan fingerprint density at radius 2 is 2.33 bits per heavy atom. The van der Waals surface area contributed by atoms with E-state index >= 15 is 0 Å². The van der Waals surface area contributed by atoms with Gasteiger partial charge in [-0.05, 0) is 24.1 Å². The van der Waals surface area contributed by atoms with E-state index in [2.05, 4.69) is 21.6 Å². The van der Waals surface area contributed by atoms with E-state index in [9.17, 15) is 4.79 Å². The average Bonchev–Trinajstić information content (AvgIpc) is 2.69. The van der Waals surface area contributed by atoms with Crippen molar-refractivity contribution in [1.29, 1.82) is 0 Å². The summed E-state index contributed by atoms with van der Waals surface area (Å²) < 4.78 is 4.62. The maximum absolute atomic E-state index is 11.3. The van der Waals surface area contributed by atoms with Gasteiger partial charge in [0.25, 0.3) is 0 Å². The molecule has 2 aromatic rings. The van der Waals surface area contributed by atoms with E-state index in [1.165, 1.54) is 7.11 Å². The van der Waals surface area contributed by atoms with Crippen LogP contribution in [0.2, 0.25) is 0 Å². The zero-order valence-electron chi connectivity index (χ0n) is 8.70. The molecule has 0 spiro atoms. The number of ether oxygens (including phenoxy) is 1. The molecule has 4 nitrogen and oxygen atoms in total. The number of pyridine rings is 1. The Labute approximate surface area is 87.3 Å². The quantitative estimate of drug-likeness (QED) is 0.760. The predicted octanol–water partition coefficient (Wildman–Crippen LogP) is 1.91. The fraction of sp³-hybridized carbons (Fsp3) is 0.273. The number of aryl methyl sites for hydroxylation is 1. The molecule has 2 heterocycles. The number of hydrogen-bond donors (Lipinski definition) is 1. The van der Waals surface area contributed by atoms with E-state index in [0.717, 1.165) is 23.0 Å². The van der Waals surface area contributed by atoms with Crippen molar-refractivity contribution in [3.8, 4) is 0 Å². The predicted molar refractivity (Wildman–Crippen MR) is 56.8 cm³/mol. The Hall–Kier alpha value is -1.84. The van der Waals surface area contributed by atoms with Crippen LogP contribution in [0.3, 0.4) is 0 Å². The molecule has 0 saturated carbocycles.